The zero-order valence-corrected chi connectivity index (χ0v) is 14.6. The Morgan fingerprint density at radius 2 is 2.48 bits per heavy atom. The van der Waals surface area contributed by atoms with Crippen LogP contribution in [0.2, 0.25) is 0 Å². The van der Waals surface area contributed by atoms with E-state index in [1.54, 1.807) is 17.6 Å². The van der Waals surface area contributed by atoms with Gasteiger partial charge in [0, 0.05) is 19.6 Å². The minimum absolute atomic E-state index is 0.544. The summed E-state index contributed by atoms with van der Waals surface area (Å²) < 4.78 is 5.56. The number of nitrogens with zero attached hydrogens (tertiary/aromatic N) is 3. The van der Waals surface area contributed by atoms with Crippen LogP contribution in [0, 0.1) is 5.92 Å². The second-order valence-electron chi connectivity index (χ2n) is 5.98. The van der Waals surface area contributed by atoms with Gasteiger partial charge in [0.05, 0.1) is 11.4 Å². The fourth-order valence-corrected chi connectivity index (χ4v) is 3.51. The van der Waals surface area contributed by atoms with Gasteiger partial charge in [-0.3, -0.25) is 0 Å². The Labute approximate surface area is 141 Å². The number of aliphatic imine (C=N–C) groups is 1. The Kier molecular flexibility index (Phi) is 5.33. The maximum absolute atomic E-state index is 5.56. The average Bonchev–Trinajstić information content (AvgIpc) is 3.22. The summed E-state index contributed by atoms with van der Waals surface area (Å²) in [5.41, 5.74) is 0.869. The molecular weight excluding hydrogens is 308 g/mol. The monoisotopic (exact) mass is 332 g/mol. The number of thiophene rings is 1. The second-order valence-corrected chi connectivity index (χ2v) is 6.93. The fourth-order valence-electron chi connectivity index (χ4n) is 2.86. The zero-order valence-electron chi connectivity index (χ0n) is 13.8. The van der Waals surface area contributed by atoms with Crippen molar-refractivity contribution in [3.05, 3.63) is 29.5 Å². The lowest BCUT2D eigenvalue weighted by atomic mass is 10.0. The van der Waals surface area contributed by atoms with Crippen LogP contribution in [0.25, 0.3) is 10.8 Å². The highest BCUT2D eigenvalue weighted by molar-refractivity contribution is 7.13. The molecule has 1 aliphatic heterocycles. The van der Waals surface area contributed by atoms with E-state index in [1.807, 2.05) is 17.5 Å². The first-order valence-corrected chi connectivity index (χ1v) is 9.15. The van der Waals surface area contributed by atoms with Crippen molar-refractivity contribution in [1.82, 2.24) is 15.2 Å². The van der Waals surface area contributed by atoms with Crippen LogP contribution in [-0.2, 0) is 6.54 Å². The number of piperidine rings is 1. The Bertz CT molecular complexity index is 635. The molecule has 2 aromatic heterocycles. The number of hydrogen-bond acceptors (Lipinski definition) is 4. The maximum atomic E-state index is 5.56. The summed E-state index contributed by atoms with van der Waals surface area (Å²) in [7, 11) is 0. The van der Waals surface area contributed by atoms with Gasteiger partial charge in [0.2, 0.25) is 5.89 Å². The van der Waals surface area contributed by atoms with Crippen molar-refractivity contribution in [2.24, 2.45) is 10.9 Å². The first-order valence-electron chi connectivity index (χ1n) is 8.27. The van der Waals surface area contributed by atoms with E-state index in [2.05, 4.69) is 29.0 Å². The summed E-state index contributed by atoms with van der Waals surface area (Å²) in [5.74, 6) is 2.40. The average molecular weight is 332 g/mol. The molecule has 3 rings (SSSR count). The van der Waals surface area contributed by atoms with Gasteiger partial charge in [-0.25, -0.2) is 9.98 Å². The number of hydrogen-bond donors (Lipinski definition) is 1. The number of likely N-dealkylation sites (tertiary alicyclic amines) is 1. The van der Waals surface area contributed by atoms with E-state index >= 15 is 0 Å². The lowest BCUT2D eigenvalue weighted by molar-refractivity contribution is 0.266. The third kappa shape index (κ3) is 4.13. The van der Waals surface area contributed by atoms with Crippen LogP contribution >= 0.6 is 11.3 Å². The molecule has 0 saturated carbocycles. The van der Waals surface area contributed by atoms with Gasteiger partial charge < -0.3 is 14.6 Å². The van der Waals surface area contributed by atoms with Crippen molar-refractivity contribution in [1.29, 1.82) is 0 Å². The molecule has 3 heterocycles. The molecule has 0 aromatic carbocycles. The molecule has 1 unspecified atom stereocenters. The highest BCUT2D eigenvalue weighted by Crippen LogP contribution is 2.23. The molecule has 1 fully saturated rings. The lowest BCUT2D eigenvalue weighted by Crippen LogP contribution is -2.46. The molecule has 0 bridgehead atoms. The van der Waals surface area contributed by atoms with Gasteiger partial charge in [-0.05, 0) is 37.1 Å². The highest BCUT2D eigenvalue weighted by atomic mass is 32.1. The summed E-state index contributed by atoms with van der Waals surface area (Å²) in [6.45, 7) is 7.99. The van der Waals surface area contributed by atoms with E-state index in [0.29, 0.717) is 12.4 Å². The molecule has 23 heavy (non-hydrogen) atoms. The van der Waals surface area contributed by atoms with Gasteiger partial charge in [0.1, 0.15) is 12.0 Å². The molecule has 5 nitrogen and oxygen atoms in total. The second kappa shape index (κ2) is 7.64. The lowest BCUT2D eigenvalue weighted by Gasteiger charge is -2.33. The van der Waals surface area contributed by atoms with Gasteiger partial charge in [0.15, 0.2) is 5.96 Å². The van der Waals surface area contributed by atoms with Crippen molar-refractivity contribution in [3.63, 3.8) is 0 Å². The molecule has 1 saturated heterocycles. The summed E-state index contributed by atoms with van der Waals surface area (Å²) >= 11 is 1.63. The van der Waals surface area contributed by atoms with E-state index in [0.717, 1.165) is 42.1 Å². The van der Waals surface area contributed by atoms with Gasteiger partial charge in [-0.15, -0.1) is 11.3 Å². The third-order valence-corrected chi connectivity index (χ3v) is 4.82. The number of oxazole rings is 1. The first kappa shape index (κ1) is 16.1. The highest BCUT2D eigenvalue weighted by Gasteiger charge is 2.19. The van der Waals surface area contributed by atoms with E-state index < -0.39 is 0 Å². The summed E-state index contributed by atoms with van der Waals surface area (Å²) in [5, 5.41) is 5.42. The summed E-state index contributed by atoms with van der Waals surface area (Å²) in [6.07, 6.45) is 4.25. The molecule has 1 N–H and O–H groups in total. The van der Waals surface area contributed by atoms with Crippen molar-refractivity contribution >= 4 is 17.3 Å². The molecule has 6 heteroatoms. The standard InChI is InChI=1S/C17H24N4OS/c1-3-18-17(21-8-4-6-13(2)11-21)19-10-14-12-22-16(20-14)15-7-5-9-23-15/h5,7,9,12-13H,3-4,6,8,10-11H2,1-2H3,(H,18,19). The number of nitrogens with one attached hydrogen (secondary N) is 1. The van der Waals surface area contributed by atoms with Gasteiger partial charge in [-0.1, -0.05) is 13.0 Å². The van der Waals surface area contributed by atoms with Crippen molar-refractivity contribution in [2.45, 2.75) is 33.2 Å². The van der Waals surface area contributed by atoms with Crippen LogP contribution in [0.5, 0.6) is 0 Å². The van der Waals surface area contributed by atoms with Crippen molar-refractivity contribution < 1.29 is 4.42 Å². The van der Waals surface area contributed by atoms with Gasteiger partial charge in [0.25, 0.3) is 0 Å². The molecule has 0 radical (unpaired) electrons. The zero-order chi connectivity index (χ0) is 16.1. The number of aromatic nitrogens is 1. The Hall–Kier alpha value is -1.82. The molecule has 1 atom stereocenters. The molecular formula is C17H24N4OS. The van der Waals surface area contributed by atoms with Crippen LogP contribution in [0.15, 0.2) is 33.2 Å². The predicted molar refractivity (Wildman–Crippen MR) is 94.6 cm³/mol. The molecule has 0 aliphatic carbocycles. The Balaban J connectivity index is 1.68. The molecule has 1 aliphatic rings. The number of rotatable bonds is 4. The van der Waals surface area contributed by atoms with Crippen molar-refractivity contribution in [2.75, 3.05) is 19.6 Å². The fraction of sp³-hybridized carbons (Fsp3) is 0.529. The third-order valence-electron chi connectivity index (χ3n) is 3.97. The molecule has 2 aromatic rings. The van der Waals surface area contributed by atoms with E-state index in [-0.39, 0.29) is 0 Å². The largest absolute Gasteiger partial charge is 0.443 e. The predicted octanol–water partition coefficient (Wildman–Crippen LogP) is 3.60. The van der Waals surface area contributed by atoms with E-state index in [4.69, 9.17) is 9.41 Å². The Morgan fingerprint density at radius 1 is 1.57 bits per heavy atom. The van der Waals surface area contributed by atoms with E-state index in [9.17, 15) is 0 Å². The van der Waals surface area contributed by atoms with Crippen LogP contribution in [0.4, 0.5) is 0 Å². The first-order chi connectivity index (χ1) is 11.3. The molecule has 0 spiro atoms. The van der Waals surface area contributed by atoms with Crippen molar-refractivity contribution in [3.8, 4) is 10.8 Å². The van der Waals surface area contributed by atoms with Crippen LogP contribution < -0.4 is 5.32 Å². The topological polar surface area (TPSA) is 53.7 Å². The summed E-state index contributed by atoms with van der Waals surface area (Å²) in [4.78, 5) is 12.7. The molecule has 124 valence electrons. The Morgan fingerprint density at radius 3 is 3.22 bits per heavy atom. The SMILES string of the molecule is CCNC(=NCc1coc(-c2cccs2)n1)N1CCCC(C)C1. The normalized spacial score (nSPS) is 19.1. The maximum Gasteiger partial charge on any atom is 0.236 e. The van der Waals surface area contributed by atoms with Gasteiger partial charge in [-0.2, -0.15) is 0 Å². The smallest absolute Gasteiger partial charge is 0.236 e. The number of guanidine groups is 1. The minimum Gasteiger partial charge on any atom is -0.443 e. The summed E-state index contributed by atoms with van der Waals surface area (Å²) in [6, 6.07) is 4.02. The van der Waals surface area contributed by atoms with Crippen LogP contribution in [-0.4, -0.2) is 35.5 Å². The van der Waals surface area contributed by atoms with Crippen LogP contribution in [0.1, 0.15) is 32.4 Å². The van der Waals surface area contributed by atoms with Crippen LogP contribution in [0.3, 0.4) is 0 Å². The quantitative estimate of drug-likeness (QED) is 0.686. The molecule has 0 amide bonds. The van der Waals surface area contributed by atoms with Gasteiger partial charge >= 0.3 is 0 Å². The van der Waals surface area contributed by atoms with E-state index in [1.165, 1.54) is 12.8 Å². The minimum atomic E-state index is 0.544.